The van der Waals surface area contributed by atoms with E-state index >= 15 is 0 Å². The van der Waals surface area contributed by atoms with Crippen molar-refractivity contribution in [3.8, 4) is 67.4 Å². The first-order chi connectivity index (χ1) is 31.7. The summed E-state index contributed by atoms with van der Waals surface area (Å²) in [6.45, 7) is 0. The number of hydrogen-bond acceptors (Lipinski definition) is 4. The number of aromatic nitrogens is 3. The minimum absolute atomic E-state index is 0.462. The summed E-state index contributed by atoms with van der Waals surface area (Å²) in [6.07, 6.45) is 0. The van der Waals surface area contributed by atoms with E-state index in [0.717, 1.165) is 66.8 Å². The highest BCUT2D eigenvalue weighted by molar-refractivity contribution is 7.99. The van der Waals surface area contributed by atoms with Gasteiger partial charge in [-0.1, -0.05) is 218 Å². The molecule has 9 aromatic carbocycles. The Balaban J connectivity index is 0.995. The largest absolute Gasteiger partial charge is 0.247 e. The molecule has 2 aromatic heterocycles. The van der Waals surface area contributed by atoms with E-state index in [9.17, 15) is 0 Å². The Labute approximate surface area is 375 Å². The minimum Gasteiger partial charge on any atom is -0.247 e. The lowest BCUT2D eigenvalue weighted by Crippen LogP contribution is -2.32. The lowest BCUT2D eigenvalue weighted by atomic mass is 9.67. The van der Waals surface area contributed by atoms with Gasteiger partial charge < -0.3 is 0 Å². The van der Waals surface area contributed by atoms with Crippen LogP contribution in [0.3, 0.4) is 0 Å². The van der Waals surface area contributed by atoms with Gasteiger partial charge in [-0.2, -0.15) is 0 Å². The first kappa shape index (κ1) is 36.7. The molecular formula is C60H37N3S. The zero-order valence-corrected chi connectivity index (χ0v) is 35.4. The van der Waals surface area contributed by atoms with Crippen molar-refractivity contribution in [2.45, 2.75) is 15.2 Å². The van der Waals surface area contributed by atoms with Crippen molar-refractivity contribution < 1.29 is 0 Å². The van der Waals surface area contributed by atoms with Gasteiger partial charge in [0.15, 0.2) is 5.82 Å². The predicted molar refractivity (Wildman–Crippen MR) is 263 cm³/mol. The van der Waals surface area contributed by atoms with Crippen molar-refractivity contribution in [1.29, 1.82) is 0 Å². The van der Waals surface area contributed by atoms with Crippen LogP contribution < -0.4 is 0 Å². The van der Waals surface area contributed by atoms with Crippen LogP contribution in [-0.2, 0) is 5.41 Å². The van der Waals surface area contributed by atoms with Gasteiger partial charge in [0.1, 0.15) is 0 Å². The molecule has 11 aromatic rings. The molecule has 0 saturated heterocycles. The molecule has 1 aliphatic heterocycles. The van der Waals surface area contributed by atoms with Gasteiger partial charge in [0.25, 0.3) is 0 Å². The van der Waals surface area contributed by atoms with Gasteiger partial charge in [0.05, 0.1) is 28.0 Å². The van der Waals surface area contributed by atoms with E-state index in [4.69, 9.17) is 15.0 Å². The molecule has 298 valence electrons. The van der Waals surface area contributed by atoms with Gasteiger partial charge in [-0.05, 0) is 62.7 Å². The van der Waals surface area contributed by atoms with E-state index in [-0.39, 0.29) is 0 Å². The molecular weight excluding hydrogens is 795 g/mol. The average Bonchev–Trinajstić information content (AvgIpc) is 3.67. The number of pyridine rings is 1. The second kappa shape index (κ2) is 14.6. The quantitative estimate of drug-likeness (QED) is 0.162. The molecule has 0 amide bonds. The summed E-state index contributed by atoms with van der Waals surface area (Å²) in [5, 5.41) is 3.55. The summed E-state index contributed by atoms with van der Waals surface area (Å²) in [5.41, 5.74) is 17.6. The molecule has 0 atom stereocenters. The Morgan fingerprint density at radius 2 is 0.859 bits per heavy atom. The maximum absolute atomic E-state index is 5.53. The van der Waals surface area contributed by atoms with E-state index in [2.05, 4.69) is 200 Å². The number of fused-ring (bicyclic) bond motifs is 13. The highest BCUT2D eigenvalue weighted by atomic mass is 32.2. The number of hydrogen-bond donors (Lipinski definition) is 0. The fraction of sp³-hybridized carbons (Fsp3) is 0.0167. The van der Waals surface area contributed by atoms with Gasteiger partial charge in [0, 0.05) is 48.2 Å². The molecule has 0 bridgehead atoms. The zero-order valence-electron chi connectivity index (χ0n) is 34.6. The SMILES string of the molecule is c1ccc(-c2cc(-c3ccc(-c4ccc5c(c4)nc(-c4ccccc4)c4ccc6c(c45)Sc4ccccc4C64c5ccccc5-c5ccccc54)cc3)nc(-c3ccccc3)n2)cc1. The van der Waals surface area contributed by atoms with Gasteiger partial charge in [-0.15, -0.1) is 0 Å². The van der Waals surface area contributed by atoms with Gasteiger partial charge in [0.2, 0.25) is 0 Å². The van der Waals surface area contributed by atoms with Crippen molar-refractivity contribution in [1.82, 2.24) is 15.0 Å². The molecule has 0 N–H and O–H groups in total. The molecule has 0 fully saturated rings. The van der Waals surface area contributed by atoms with Crippen LogP contribution in [0, 0.1) is 0 Å². The van der Waals surface area contributed by atoms with Gasteiger partial charge in [-0.3, -0.25) is 0 Å². The molecule has 3 nitrogen and oxygen atoms in total. The molecule has 2 aliphatic rings. The Kier molecular flexibility index (Phi) is 8.37. The maximum atomic E-state index is 5.53. The molecule has 3 heterocycles. The summed E-state index contributed by atoms with van der Waals surface area (Å²) in [4.78, 5) is 18.2. The van der Waals surface area contributed by atoms with E-state index < -0.39 is 5.41 Å². The molecule has 64 heavy (non-hydrogen) atoms. The third-order valence-corrected chi connectivity index (χ3v) is 14.4. The molecule has 1 spiro atoms. The second-order valence-electron chi connectivity index (χ2n) is 16.6. The summed E-state index contributed by atoms with van der Waals surface area (Å²) in [6, 6.07) is 80.8. The molecule has 0 unspecified atom stereocenters. The van der Waals surface area contributed by atoms with Crippen LogP contribution in [0.1, 0.15) is 22.3 Å². The van der Waals surface area contributed by atoms with Crippen LogP contribution in [0.25, 0.3) is 89.1 Å². The summed E-state index contributed by atoms with van der Waals surface area (Å²) >= 11 is 1.90. The number of nitrogens with zero attached hydrogens (tertiary/aromatic N) is 3. The number of rotatable bonds is 5. The van der Waals surface area contributed by atoms with Gasteiger partial charge >= 0.3 is 0 Å². The first-order valence-electron chi connectivity index (χ1n) is 21.8. The Morgan fingerprint density at radius 3 is 1.53 bits per heavy atom. The van der Waals surface area contributed by atoms with Gasteiger partial charge in [-0.25, -0.2) is 15.0 Å². The highest BCUT2D eigenvalue weighted by Gasteiger charge is 2.50. The van der Waals surface area contributed by atoms with Crippen LogP contribution in [0.4, 0.5) is 0 Å². The van der Waals surface area contributed by atoms with Crippen molar-refractivity contribution in [3.63, 3.8) is 0 Å². The Hall–Kier alpha value is -7.92. The first-order valence-corrected chi connectivity index (χ1v) is 22.6. The molecule has 4 heteroatoms. The minimum atomic E-state index is -0.462. The van der Waals surface area contributed by atoms with Crippen LogP contribution in [0.15, 0.2) is 234 Å². The van der Waals surface area contributed by atoms with Crippen LogP contribution in [0.2, 0.25) is 0 Å². The van der Waals surface area contributed by atoms with E-state index in [0.29, 0.717) is 5.82 Å². The molecule has 13 rings (SSSR count). The van der Waals surface area contributed by atoms with Crippen LogP contribution in [0.5, 0.6) is 0 Å². The van der Waals surface area contributed by atoms with E-state index in [1.54, 1.807) is 0 Å². The molecule has 0 saturated carbocycles. The van der Waals surface area contributed by atoms with E-state index in [1.807, 2.05) is 36.0 Å². The maximum Gasteiger partial charge on any atom is 0.160 e. The summed E-state index contributed by atoms with van der Waals surface area (Å²) in [7, 11) is 0. The van der Waals surface area contributed by atoms with Crippen LogP contribution in [-0.4, -0.2) is 15.0 Å². The Morgan fingerprint density at radius 1 is 0.344 bits per heavy atom. The summed E-state index contributed by atoms with van der Waals surface area (Å²) in [5.74, 6) is 0.708. The number of benzene rings is 9. The Bertz CT molecular complexity index is 3520. The standard InChI is InChI=1S/C60H37N3S/c1-4-16-39(17-5-1)52-37-53(63-59(62-52)42-20-8-3-9-21-42)40-30-28-38(29-31-40)43-32-33-46-54(36-43)61-57(41-18-6-2-7-19-41)47-34-35-51-58(56(46)47)64-55-27-15-14-26-50(55)60(51)48-24-12-10-22-44(48)45-23-11-13-25-49(45)60/h1-37H. The lowest BCUT2D eigenvalue weighted by molar-refractivity contribution is 0.726. The highest BCUT2D eigenvalue weighted by Crippen LogP contribution is 2.63. The van der Waals surface area contributed by atoms with E-state index in [1.165, 1.54) is 48.6 Å². The van der Waals surface area contributed by atoms with Crippen LogP contribution >= 0.6 is 11.8 Å². The third-order valence-electron chi connectivity index (χ3n) is 13.2. The average molecular weight is 832 g/mol. The molecule has 0 radical (unpaired) electrons. The lowest BCUT2D eigenvalue weighted by Gasteiger charge is -2.40. The smallest absolute Gasteiger partial charge is 0.160 e. The molecule has 1 aliphatic carbocycles. The van der Waals surface area contributed by atoms with Crippen molar-refractivity contribution in [2.24, 2.45) is 0 Å². The zero-order chi connectivity index (χ0) is 42.2. The van der Waals surface area contributed by atoms with Crippen molar-refractivity contribution in [3.05, 3.63) is 247 Å². The van der Waals surface area contributed by atoms with Crippen molar-refractivity contribution in [2.75, 3.05) is 0 Å². The third kappa shape index (κ3) is 5.59. The monoisotopic (exact) mass is 831 g/mol. The predicted octanol–water partition coefficient (Wildman–Crippen LogP) is 15.3. The summed E-state index contributed by atoms with van der Waals surface area (Å²) < 4.78 is 0. The second-order valence-corrected chi connectivity index (χ2v) is 17.7. The fourth-order valence-electron chi connectivity index (χ4n) is 10.3. The van der Waals surface area contributed by atoms with Crippen molar-refractivity contribution >= 4 is 33.4 Å². The topological polar surface area (TPSA) is 38.7 Å². The fourth-order valence-corrected chi connectivity index (χ4v) is 11.6. The normalized spacial score (nSPS) is 13.1.